The summed E-state index contributed by atoms with van der Waals surface area (Å²) >= 11 is 4.41. The lowest BCUT2D eigenvalue weighted by Crippen LogP contribution is -2.23. The second kappa shape index (κ2) is 9.95. The molecule has 0 aliphatic carbocycles. The van der Waals surface area contributed by atoms with E-state index in [2.05, 4.69) is 15.9 Å². The fraction of sp³-hybridized carbons (Fsp3) is 0.111. The highest BCUT2D eigenvalue weighted by molar-refractivity contribution is 9.10. The zero-order valence-electron chi connectivity index (χ0n) is 19.6. The van der Waals surface area contributed by atoms with E-state index < -0.39 is 22.8 Å². The highest BCUT2D eigenvalue weighted by Crippen LogP contribution is 2.41. The summed E-state index contributed by atoms with van der Waals surface area (Å²) in [5.41, 5.74) is -0.422. The number of hydrogen-bond acceptors (Lipinski definition) is 7. The minimum Gasteiger partial charge on any atom is -0.505 e. The van der Waals surface area contributed by atoms with Crippen molar-refractivity contribution < 1.29 is 23.4 Å². The largest absolute Gasteiger partial charge is 0.505 e. The molecule has 0 bridgehead atoms. The average molecular weight is 584 g/mol. The van der Waals surface area contributed by atoms with Crippen LogP contribution in [0.4, 0.5) is 4.39 Å². The maximum Gasteiger partial charge on any atom is 0.354 e. The monoisotopic (exact) mass is 583 g/mol. The number of ether oxygens (including phenoxy) is 2. The Balaban J connectivity index is 1.85. The molecule has 5 rings (SSSR count). The van der Waals surface area contributed by atoms with Gasteiger partial charge in [0.1, 0.15) is 16.1 Å². The van der Waals surface area contributed by atoms with Gasteiger partial charge in [0.05, 0.1) is 26.3 Å². The maximum absolute atomic E-state index is 13.8. The molecule has 5 aromatic rings. The summed E-state index contributed by atoms with van der Waals surface area (Å²) in [6.07, 6.45) is 0. The van der Waals surface area contributed by atoms with Gasteiger partial charge in [0.15, 0.2) is 22.8 Å². The molecule has 0 amide bonds. The first kappa shape index (κ1) is 24.9. The third kappa shape index (κ3) is 4.47. The van der Waals surface area contributed by atoms with Gasteiger partial charge in [-0.15, -0.1) is 0 Å². The third-order valence-corrected chi connectivity index (χ3v) is 7.95. The van der Waals surface area contributed by atoms with Gasteiger partial charge in [0, 0.05) is 20.8 Å². The smallest absolute Gasteiger partial charge is 0.354 e. The Morgan fingerprint density at radius 3 is 2.38 bits per heavy atom. The number of aromatic hydroxyl groups is 1. The predicted molar refractivity (Wildman–Crippen MR) is 143 cm³/mol. The van der Waals surface area contributed by atoms with Gasteiger partial charge in [0.2, 0.25) is 0 Å². The zero-order chi connectivity index (χ0) is 26.3. The molecule has 0 aliphatic heterocycles. The first-order valence-corrected chi connectivity index (χ1v) is 12.6. The number of halogens is 2. The number of methoxy groups -OCH3 is 2. The van der Waals surface area contributed by atoms with Crippen LogP contribution in [0.5, 0.6) is 17.2 Å². The topological polar surface area (TPSA) is 90.9 Å². The van der Waals surface area contributed by atoms with E-state index in [0.29, 0.717) is 37.3 Å². The summed E-state index contributed by atoms with van der Waals surface area (Å²) in [6.45, 7) is 0.0618. The van der Waals surface area contributed by atoms with Crippen LogP contribution in [-0.4, -0.2) is 23.9 Å². The van der Waals surface area contributed by atoms with Crippen LogP contribution in [0.1, 0.15) is 5.56 Å². The molecule has 0 aliphatic rings. The molecule has 0 atom stereocenters. The molecule has 2 heterocycles. The van der Waals surface area contributed by atoms with E-state index in [0.717, 1.165) is 11.8 Å². The van der Waals surface area contributed by atoms with Gasteiger partial charge >= 0.3 is 5.63 Å². The Bertz CT molecular complexity index is 1780. The predicted octanol–water partition coefficient (Wildman–Crippen LogP) is 5.93. The number of pyridine rings is 1. The molecule has 10 heteroatoms. The number of benzene rings is 3. The summed E-state index contributed by atoms with van der Waals surface area (Å²) < 4.78 is 32.1. The lowest BCUT2D eigenvalue weighted by Gasteiger charge is -2.16. The van der Waals surface area contributed by atoms with Crippen LogP contribution in [0.25, 0.3) is 21.9 Å². The normalized spacial score (nSPS) is 11.2. The van der Waals surface area contributed by atoms with Crippen molar-refractivity contribution in [3.8, 4) is 17.2 Å². The zero-order valence-corrected chi connectivity index (χ0v) is 22.0. The van der Waals surface area contributed by atoms with Crippen molar-refractivity contribution >= 4 is 49.6 Å². The van der Waals surface area contributed by atoms with Gasteiger partial charge in [-0.05, 0) is 51.8 Å². The van der Waals surface area contributed by atoms with E-state index in [4.69, 9.17) is 13.9 Å². The molecule has 0 radical (unpaired) electrons. The lowest BCUT2D eigenvalue weighted by molar-refractivity contribution is 0.355. The van der Waals surface area contributed by atoms with Crippen LogP contribution < -0.4 is 20.7 Å². The SMILES string of the molecule is COc1cc2c3oc(=O)c(Sc4ccccc4Br)c(O)c3c(=O)n(Cc3ccc(F)cc3)c2cc1OC. The fourth-order valence-corrected chi connectivity index (χ4v) is 5.45. The highest BCUT2D eigenvalue weighted by Gasteiger charge is 2.24. The van der Waals surface area contributed by atoms with E-state index in [-0.39, 0.29) is 22.4 Å². The average Bonchev–Trinajstić information content (AvgIpc) is 2.90. The molecule has 1 N–H and O–H groups in total. The Morgan fingerprint density at radius 2 is 1.70 bits per heavy atom. The Hall–Kier alpha value is -3.76. The van der Waals surface area contributed by atoms with Crippen molar-refractivity contribution in [2.24, 2.45) is 0 Å². The number of nitrogens with zero attached hydrogens (tertiary/aromatic N) is 1. The molecule has 2 aromatic heterocycles. The Kier molecular flexibility index (Phi) is 6.70. The molecule has 0 fully saturated rings. The fourth-order valence-electron chi connectivity index (χ4n) is 4.07. The van der Waals surface area contributed by atoms with E-state index in [1.165, 1.54) is 30.9 Å². The second-order valence-corrected chi connectivity index (χ2v) is 9.95. The molecule has 0 saturated heterocycles. The van der Waals surface area contributed by atoms with Crippen molar-refractivity contribution in [2.75, 3.05) is 14.2 Å². The molecule has 0 saturated carbocycles. The van der Waals surface area contributed by atoms with E-state index in [1.807, 2.05) is 6.07 Å². The van der Waals surface area contributed by atoms with Crippen LogP contribution in [0.15, 0.2) is 88.9 Å². The van der Waals surface area contributed by atoms with Gasteiger partial charge in [-0.3, -0.25) is 4.79 Å². The standard InChI is InChI=1S/C27H19BrFNO6S/c1-34-19-11-16-18(12-20(19)35-2)30(13-14-7-9-15(29)10-8-14)26(32)22-23(31)25(27(33)36-24(16)22)37-21-6-4-3-5-17(21)28/h3-12,31H,13H2,1-2H3. The summed E-state index contributed by atoms with van der Waals surface area (Å²) in [6, 6.07) is 16.1. The third-order valence-electron chi connectivity index (χ3n) is 5.86. The first-order chi connectivity index (χ1) is 17.8. The molecular weight excluding hydrogens is 565 g/mol. The minimum absolute atomic E-state index is 0.0618. The van der Waals surface area contributed by atoms with Gasteiger partial charge in [0.25, 0.3) is 5.56 Å². The first-order valence-electron chi connectivity index (χ1n) is 11.0. The van der Waals surface area contributed by atoms with Gasteiger partial charge in [-0.25, -0.2) is 9.18 Å². The molecule has 37 heavy (non-hydrogen) atoms. The van der Waals surface area contributed by atoms with Crippen LogP contribution in [0.2, 0.25) is 0 Å². The molecule has 0 unspecified atom stereocenters. The molecular formula is C27H19BrFNO6S. The number of hydrogen-bond donors (Lipinski definition) is 1. The number of aromatic nitrogens is 1. The number of fused-ring (bicyclic) bond motifs is 3. The summed E-state index contributed by atoms with van der Waals surface area (Å²) in [4.78, 5) is 27.4. The summed E-state index contributed by atoms with van der Waals surface area (Å²) in [7, 11) is 2.92. The van der Waals surface area contributed by atoms with Crippen LogP contribution in [0, 0.1) is 5.82 Å². The van der Waals surface area contributed by atoms with Crippen LogP contribution >= 0.6 is 27.7 Å². The maximum atomic E-state index is 13.8. The molecule has 0 spiro atoms. The quantitative estimate of drug-likeness (QED) is 0.248. The summed E-state index contributed by atoms with van der Waals surface area (Å²) in [5, 5.41) is 11.5. The Labute approximate surface area is 222 Å². The van der Waals surface area contributed by atoms with Crippen LogP contribution in [-0.2, 0) is 6.54 Å². The van der Waals surface area contributed by atoms with Crippen molar-refractivity contribution in [3.05, 3.63) is 97.3 Å². The van der Waals surface area contributed by atoms with Crippen molar-refractivity contribution in [3.63, 3.8) is 0 Å². The van der Waals surface area contributed by atoms with E-state index in [1.54, 1.807) is 42.5 Å². The second-order valence-electron chi connectivity index (χ2n) is 8.05. The van der Waals surface area contributed by atoms with Gasteiger partial charge in [-0.1, -0.05) is 36.0 Å². The lowest BCUT2D eigenvalue weighted by atomic mass is 10.1. The van der Waals surface area contributed by atoms with Crippen LogP contribution in [0.3, 0.4) is 0 Å². The number of rotatable bonds is 6. The highest BCUT2D eigenvalue weighted by atomic mass is 79.9. The van der Waals surface area contributed by atoms with Gasteiger partial charge in [-0.2, -0.15) is 0 Å². The van der Waals surface area contributed by atoms with E-state index >= 15 is 0 Å². The molecule has 188 valence electrons. The van der Waals surface area contributed by atoms with Gasteiger partial charge < -0.3 is 23.6 Å². The summed E-state index contributed by atoms with van der Waals surface area (Å²) in [5.74, 6) is -0.188. The molecule has 7 nitrogen and oxygen atoms in total. The van der Waals surface area contributed by atoms with Crippen molar-refractivity contribution in [1.82, 2.24) is 4.57 Å². The van der Waals surface area contributed by atoms with Crippen molar-refractivity contribution in [2.45, 2.75) is 16.3 Å². The Morgan fingerprint density at radius 1 is 1.03 bits per heavy atom. The van der Waals surface area contributed by atoms with E-state index in [9.17, 15) is 19.1 Å². The minimum atomic E-state index is -0.794. The molecule has 3 aromatic carbocycles. The van der Waals surface area contributed by atoms with Crippen molar-refractivity contribution in [1.29, 1.82) is 0 Å².